The highest BCUT2D eigenvalue weighted by Gasteiger charge is 2.18. The van der Waals surface area contributed by atoms with Crippen molar-refractivity contribution < 1.29 is 0 Å². The number of hydrogen-bond donors (Lipinski definition) is 1. The van der Waals surface area contributed by atoms with Gasteiger partial charge in [0.15, 0.2) is 0 Å². The van der Waals surface area contributed by atoms with E-state index in [-0.39, 0.29) is 0 Å². The molecule has 17 heavy (non-hydrogen) atoms. The second-order valence-corrected chi connectivity index (χ2v) is 5.17. The minimum atomic E-state index is 0.443. The molecule has 0 aliphatic carbocycles. The standard InChI is InChI=1S/C13H23N3S/c1-4-6-13(14-5-2)16-9-7-15(8-10-16)11-12(3)17/h4-6,12,17H,1,7-11H2,2-3H3/b13-6+,14-5-/t12-/m0/s1. The zero-order chi connectivity index (χ0) is 12.7. The minimum Gasteiger partial charge on any atom is -0.354 e. The first kappa shape index (κ1) is 14.3. The fourth-order valence-electron chi connectivity index (χ4n) is 2.00. The largest absolute Gasteiger partial charge is 0.354 e. The summed E-state index contributed by atoms with van der Waals surface area (Å²) in [7, 11) is 0. The molecule has 0 spiro atoms. The first-order valence-electron chi connectivity index (χ1n) is 6.14. The molecule has 0 aromatic carbocycles. The molecule has 4 heteroatoms. The van der Waals surface area contributed by atoms with Crippen LogP contribution in [0.15, 0.2) is 29.5 Å². The second-order valence-electron chi connectivity index (χ2n) is 4.28. The number of thiol groups is 1. The lowest BCUT2D eigenvalue weighted by Gasteiger charge is -2.36. The third-order valence-corrected chi connectivity index (χ3v) is 2.91. The van der Waals surface area contributed by atoms with Gasteiger partial charge in [0.05, 0.1) is 0 Å². The van der Waals surface area contributed by atoms with Gasteiger partial charge in [0.2, 0.25) is 0 Å². The Morgan fingerprint density at radius 2 is 2.06 bits per heavy atom. The van der Waals surface area contributed by atoms with Crippen molar-refractivity contribution in [2.24, 2.45) is 4.99 Å². The van der Waals surface area contributed by atoms with Gasteiger partial charge in [-0.3, -0.25) is 4.90 Å². The predicted octanol–water partition coefficient (Wildman–Crippen LogP) is 2.04. The number of aliphatic imine (C=N–C) groups is 1. The van der Waals surface area contributed by atoms with Crippen molar-refractivity contribution in [3.8, 4) is 0 Å². The molecular weight excluding hydrogens is 230 g/mol. The number of nitrogens with zero attached hydrogens (tertiary/aromatic N) is 3. The Bertz CT molecular complexity index is 289. The third kappa shape index (κ3) is 4.96. The summed E-state index contributed by atoms with van der Waals surface area (Å²) < 4.78 is 0. The average molecular weight is 253 g/mol. The molecule has 1 atom stereocenters. The van der Waals surface area contributed by atoms with Gasteiger partial charge in [-0.15, -0.1) is 0 Å². The lowest BCUT2D eigenvalue weighted by atomic mass is 10.3. The van der Waals surface area contributed by atoms with Crippen LogP contribution in [0.2, 0.25) is 0 Å². The smallest absolute Gasteiger partial charge is 0.128 e. The number of allylic oxidation sites excluding steroid dienone is 2. The van der Waals surface area contributed by atoms with Crippen LogP contribution in [0.25, 0.3) is 0 Å². The van der Waals surface area contributed by atoms with Crippen LogP contribution in [0.3, 0.4) is 0 Å². The van der Waals surface area contributed by atoms with Crippen LogP contribution < -0.4 is 0 Å². The third-order valence-electron chi connectivity index (χ3n) is 2.75. The molecule has 1 aliphatic heterocycles. The Balaban J connectivity index is 2.50. The fraction of sp³-hybridized carbons (Fsp3) is 0.615. The highest BCUT2D eigenvalue weighted by atomic mass is 32.1. The van der Waals surface area contributed by atoms with Crippen molar-refractivity contribution in [3.63, 3.8) is 0 Å². The molecule has 0 unspecified atom stereocenters. The van der Waals surface area contributed by atoms with Crippen LogP contribution in [-0.2, 0) is 0 Å². The zero-order valence-electron chi connectivity index (χ0n) is 10.8. The summed E-state index contributed by atoms with van der Waals surface area (Å²) in [5.41, 5.74) is 0. The molecule has 0 aromatic heterocycles. The summed E-state index contributed by atoms with van der Waals surface area (Å²) in [5.74, 6) is 1.01. The first-order chi connectivity index (χ1) is 8.17. The zero-order valence-corrected chi connectivity index (χ0v) is 11.7. The van der Waals surface area contributed by atoms with Crippen molar-refractivity contribution in [2.45, 2.75) is 19.1 Å². The molecule has 0 amide bonds. The van der Waals surface area contributed by atoms with E-state index in [1.807, 2.05) is 19.2 Å². The van der Waals surface area contributed by atoms with Gasteiger partial charge in [-0.1, -0.05) is 19.6 Å². The summed E-state index contributed by atoms with van der Waals surface area (Å²) in [4.78, 5) is 9.14. The molecule has 0 bridgehead atoms. The lowest BCUT2D eigenvalue weighted by Crippen LogP contribution is -2.47. The second kappa shape index (κ2) is 7.56. The topological polar surface area (TPSA) is 18.8 Å². The summed E-state index contributed by atoms with van der Waals surface area (Å²) in [6, 6.07) is 0. The average Bonchev–Trinajstić information content (AvgIpc) is 2.29. The maximum absolute atomic E-state index is 4.43. The molecule has 1 heterocycles. The van der Waals surface area contributed by atoms with Gasteiger partial charge in [-0.05, 0) is 13.0 Å². The van der Waals surface area contributed by atoms with E-state index in [4.69, 9.17) is 0 Å². The minimum absolute atomic E-state index is 0.443. The Hall–Kier alpha value is -0.740. The molecule has 0 N–H and O–H groups in total. The number of piperazine rings is 1. The normalized spacial score (nSPS) is 20.9. The lowest BCUT2D eigenvalue weighted by molar-refractivity contribution is 0.160. The van der Waals surface area contributed by atoms with Gasteiger partial charge in [0.25, 0.3) is 0 Å². The van der Waals surface area contributed by atoms with Crippen molar-refractivity contribution in [1.82, 2.24) is 9.80 Å². The molecule has 1 saturated heterocycles. The van der Waals surface area contributed by atoms with Crippen LogP contribution in [0.5, 0.6) is 0 Å². The molecule has 0 radical (unpaired) electrons. The van der Waals surface area contributed by atoms with E-state index in [1.165, 1.54) is 0 Å². The van der Waals surface area contributed by atoms with E-state index in [0.717, 1.165) is 38.5 Å². The van der Waals surface area contributed by atoms with Crippen LogP contribution in [0.4, 0.5) is 0 Å². The van der Waals surface area contributed by atoms with Crippen LogP contribution in [-0.4, -0.2) is 54.0 Å². The maximum Gasteiger partial charge on any atom is 0.128 e. The Morgan fingerprint density at radius 1 is 1.41 bits per heavy atom. The van der Waals surface area contributed by atoms with Gasteiger partial charge in [0, 0.05) is 44.2 Å². The van der Waals surface area contributed by atoms with E-state index in [9.17, 15) is 0 Å². The molecule has 1 aliphatic rings. The van der Waals surface area contributed by atoms with Crippen LogP contribution in [0, 0.1) is 0 Å². The highest BCUT2D eigenvalue weighted by molar-refractivity contribution is 7.80. The van der Waals surface area contributed by atoms with Crippen LogP contribution >= 0.6 is 12.6 Å². The Labute approximate surface area is 110 Å². The van der Waals surface area contributed by atoms with Crippen molar-refractivity contribution in [1.29, 1.82) is 0 Å². The molecule has 0 aromatic rings. The maximum atomic E-state index is 4.43. The monoisotopic (exact) mass is 253 g/mol. The summed E-state index contributed by atoms with van der Waals surface area (Å²) >= 11 is 4.43. The van der Waals surface area contributed by atoms with Gasteiger partial charge in [0.1, 0.15) is 5.82 Å². The van der Waals surface area contributed by atoms with Crippen molar-refractivity contribution in [3.05, 3.63) is 24.6 Å². The quantitative estimate of drug-likeness (QED) is 0.459. The van der Waals surface area contributed by atoms with Gasteiger partial charge < -0.3 is 4.90 Å². The number of rotatable bonds is 5. The van der Waals surface area contributed by atoms with Crippen molar-refractivity contribution >= 4 is 18.8 Å². The van der Waals surface area contributed by atoms with E-state index in [2.05, 4.69) is 40.9 Å². The van der Waals surface area contributed by atoms with E-state index in [1.54, 1.807) is 6.08 Å². The van der Waals surface area contributed by atoms with Gasteiger partial charge >= 0.3 is 0 Å². The number of hydrogen-bond acceptors (Lipinski definition) is 4. The van der Waals surface area contributed by atoms with Crippen LogP contribution in [0.1, 0.15) is 13.8 Å². The molecule has 96 valence electrons. The first-order valence-corrected chi connectivity index (χ1v) is 6.65. The Kier molecular flexibility index (Phi) is 6.37. The van der Waals surface area contributed by atoms with E-state index < -0.39 is 0 Å². The summed E-state index contributed by atoms with van der Waals surface area (Å²) in [6.45, 7) is 13.1. The summed E-state index contributed by atoms with van der Waals surface area (Å²) in [6.07, 6.45) is 5.60. The molecule has 0 saturated carbocycles. The summed E-state index contributed by atoms with van der Waals surface area (Å²) in [5, 5.41) is 0.443. The fourth-order valence-corrected chi connectivity index (χ4v) is 2.23. The molecule has 1 rings (SSSR count). The molecule has 1 fully saturated rings. The molecule has 3 nitrogen and oxygen atoms in total. The van der Waals surface area contributed by atoms with E-state index in [0.29, 0.717) is 5.25 Å². The highest BCUT2D eigenvalue weighted by Crippen LogP contribution is 2.11. The predicted molar refractivity (Wildman–Crippen MR) is 78.9 cm³/mol. The molecular formula is C13H23N3S. The van der Waals surface area contributed by atoms with Crippen molar-refractivity contribution in [2.75, 3.05) is 32.7 Å². The van der Waals surface area contributed by atoms with E-state index >= 15 is 0 Å². The SMILES string of the molecule is C=C/C=C(\N=C/C)N1CCN(C[C@H](C)S)CC1. The van der Waals surface area contributed by atoms with Gasteiger partial charge in [-0.25, -0.2) is 4.99 Å². The van der Waals surface area contributed by atoms with Gasteiger partial charge in [-0.2, -0.15) is 12.6 Å². The Morgan fingerprint density at radius 3 is 2.53 bits per heavy atom.